The van der Waals surface area contributed by atoms with Gasteiger partial charge in [0.2, 0.25) is 5.91 Å². The van der Waals surface area contributed by atoms with E-state index in [0.29, 0.717) is 17.7 Å². The van der Waals surface area contributed by atoms with Crippen LogP contribution < -0.4 is 11.1 Å². The summed E-state index contributed by atoms with van der Waals surface area (Å²) >= 11 is 0. The second-order valence-electron chi connectivity index (χ2n) is 3.78. The molecule has 1 aromatic carbocycles. The van der Waals surface area contributed by atoms with Gasteiger partial charge in [-0.2, -0.15) is 0 Å². The van der Waals surface area contributed by atoms with Crippen LogP contribution in [0.3, 0.4) is 0 Å². The van der Waals surface area contributed by atoms with Gasteiger partial charge in [-0.1, -0.05) is 6.07 Å². The van der Waals surface area contributed by atoms with Crippen LogP contribution in [0.15, 0.2) is 24.3 Å². The Hall–Kier alpha value is -1.59. The first-order valence-electron chi connectivity index (χ1n) is 5.36. The van der Waals surface area contributed by atoms with E-state index >= 15 is 0 Å². The number of nitrogens with two attached hydrogens (primary N) is 1. The number of carbonyl (C=O) groups is 2. The number of amides is 2. The van der Waals surface area contributed by atoms with Gasteiger partial charge in [0.1, 0.15) is 0 Å². The fraction of sp³-hybridized carbons (Fsp3) is 0.333. The van der Waals surface area contributed by atoms with Crippen molar-refractivity contribution in [1.29, 1.82) is 0 Å². The molecule has 0 radical (unpaired) electrons. The largest absolute Gasteiger partial charge is 0.366 e. The third-order valence-corrected chi connectivity index (χ3v) is 2.44. The lowest BCUT2D eigenvalue weighted by Crippen LogP contribution is -2.32. The number of nitrogens with zero attached hydrogens (tertiary/aromatic N) is 1. The van der Waals surface area contributed by atoms with E-state index in [2.05, 4.69) is 5.32 Å². The van der Waals surface area contributed by atoms with Gasteiger partial charge in [0.05, 0.1) is 0 Å². The fourth-order valence-electron chi connectivity index (χ4n) is 1.41. The van der Waals surface area contributed by atoms with E-state index in [1.54, 1.807) is 30.1 Å². The first-order chi connectivity index (χ1) is 8.06. The van der Waals surface area contributed by atoms with Gasteiger partial charge in [-0.15, -0.1) is 12.4 Å². The molecule has 0 aliphatic rings. The Labute approximate surface area is 113 Å². The van der Waals surface area contributed by atoms with Crippen LogP contribution in [0.4, 0.5) is 0 Å². The molecule has 0 aromatic heterocycles. The number of hydrogen-bond donors (Lipinski definition) is 2. The van der Waals surface area contributed by atoms with Gasteiger partial charge in [-0.3, -0.25) is 9.59 Å². The second-order valence-corrected chi connectivity index (χ2v) is 3.78. The maximum Gasteiger partial charge on any atom is 0.253 e. The first-order valence-corrected chi connectivity index (χ1v) is 5.36. The van der Waals surface area contributed by atoms with Crippen LogP contribution in [0.25, 0.3) is 0 Å². The molecule has 0 bridgehead atoms. The predicted molar refractivity (Wildman–Crippen MR) is 73.1 cm³/mol. The molecule has 0 atom stereocenters. The van der Waals surface area contributed by atoms with Crippen molar-refractivity contribution in [3.05, 3.63) is 35.4 Å². The standard InChI is InChI=1S/C12H17N3O2.ClH/c1-14-6-7-15(2)12(17)10-5-3-4-9(8-10)11(13)16;/h3-5,8,14H,6-7H2,1-2H3,(H2,13,16);1H. The number of hydrogen-bond acceptors (Lipinski definition) is 3. The Morgan fingerprint density at radius 2 is 1.94 bits per heavy atom. The average molecular weight is 272 g/mol. The first kappa shape index (κ1) is 16.4. The molecule has 2 amide bonds. The molecule has 0 heterocycles. The molecule has 0 spiro atoms. The Bertz CT molecular complexity index is 424. The molecule has 1 aromatic rings. The third-order valence-electron chi connectivity index (χ3n) is 2.44. The van der Waals surface area contributed by atoms with E-state index in [0.717, 1.165) is 6.54 Å². The van der Waals surface area contributed by atoms with Gasteiger partial charge in [-0.25, -0.2) is 0 Å². The van der Waals surface area contributed by atoms with Gasteiger partial charge < -0.3 is 16.0 Å². The highest BCUT2D eigenvalue weighted by molar-refractivity contribution is 5.98. The number of rotatable bonds is 5. The van der Waals surface area contributed by atoms with Crippen molar-refractivity contribution in [3.63, 3.8) is 0 Å². The van der Waals surface area contributed by atoms with Gasteiger partial charge in [0.25, 0.3) is 5.91 Å². The zero-order chi connectivity index (χ0) is 12.8. The van der Waals surface area contributed by atoms with Crippen LogP contribution in [0.1, 0.15) is 20.7 Å². The third kappa shape index (κ3) is 4.35. The van der Waals surface area contributed by atoms with Crippen LogP contribution in [0.2, 0.25) is 0 Å². The summed E-state index contributed by atoms with van der Waals surface area (Å²) in [4.78, 5) is 24.6. The van der Waals surface area contributed by atoms with Crippen molar-refractivity contribution >= 4 is 24.2 Å². The van der Waals surface area contributed by atoms with Crippen molar-refractivity contribution in [2.45, 2.75) is 0 Å². The number of nitrogens with one attached hydrogen (secondary N) is 1. The Balaban J connectivity index is 0.00000289. The zero-order valence-electron chi connectivity index (χ0n) is 10.5. The topological polar surface area (TPSA) is 75.4 Å². The normalized spacial score (nSPS) is 9.44. The number of halogens is 1. The molecule has 0 saturated heterocycles. The summed E-state index contributed by atoms with van der Waals surface area (Å²) in [6.45, 7) is 1.33. The van der Waals surface area contributed by atoms with E-state index in [-0.39, 0.29) is 18.3 Å². The number of likely N-dealkylation sites (N-methyl/N-ethyl adjacent to an activating group) is 2. The highest BCUT2D eigenvalue weighted by Crippen LogP contribution is 2.07. The summed E-state index contributed by atoms with van der Waals surface area (Å²) in [5, 5.41) is 2.97. The quantitative estimate of drug-likeness (QED) is 0.819. The van der Waals surface area contributed by atoms with Crippen LogP contribution in [-0.2, 0) is 0 Å². The molecule has 0 aliphatic carbocycles. The number of carbonyl (C=O) groups excluding carboxylic acids is 2. The van der Waals surface area contributed by atoms with E-state index in [4.69, 9.17) is 5.73 Å². The summed E-state index contributed by atoms with van der Waals surface area (Å²) in [7, 11) is 3.54. The van der Waals surface area contributed by atoms with Crippen LogP contribution >= 0.6 is 12.4 Å². The minimum Gasteiger partial charge on any atom is -0.366 e. The minimum atomic E-state index is -0.530. The maximum absolute atomic E-state index is 12.0. The van der Waals surface area contributed by atoms with Crippen molar-refractivity contribution in [1.82, 2.24) is 10.2 Å². The highest BCUT2D eigenvalue weighted by Gasteiger charge is 2.12. The molecule has 18 heavy (non-hydrogen) atoms. The molecule has 6 heteroatoms. The Morgan fingerprint density at radius 3 is 2.50 bits per heavy atom. The lowest BCUT2D eigenvalue weighted by atomic mass is 10.1. The van der Waals surface area contributed by atoms with Gasteiger partial charge in [-0.05, 0) is 25.2 Å². The van der Waals surface area contributed by atoms with E-state index in [1.165, 1.54) is 6.07 Å². The van der Waals surface area contributed by atoms with E-state index < -0.39 is 5.91 Å². The smallest absolute Gasteiger partial charge is 0.253 e. The van der Waals surface area contributed by atoms with Crippen molar-refractivity contribution in [2.75, 3.05) is 27.2 Å². The van der Waals surface area contributed by atoms with Crippen LogP contribution in [-0.4, -0.2) is 43.9 Å². The molecular formula is C12H18ClN3O2. The van der Waals surface area contributed by atoms with E-state index in [1.807, 2.05) is 7.05 Å². The molecule has 0 aliphatic heterocycles. The Morgan fingerprint density at radius 1 is 1.33 bits per heavy atom. The van der Waals surface area contributed by atoms with Crippen LogP contribution in [0, 0.1) is 0 Å². The molecule has 0 saturated carbocycles. The predicted octanol–water partition coefficient (Wildman–Crippen LogP) is 0.499. The molecule has 100 valence electrons. The summed E-state index contributed by atoms with van der Waals surface area (Å²) in [5.74, 6) is -0.652. The van der Waals surface area contributed by atoms with Gasteiger partial charge in [0, 0.05) is 31.3 Å². The summed E-state index contributed by atoms with van der Waals surface area (Å²) < 4.78 is 0. The molecule has 0 fully saturated rings. The molecular weight excluding hydrogens is 254 g/mol. The summed E-state index contributed by atoms with van der Waals surface area (Å²) in [5.41, 5.74) is 5.98. The zero-order valence-corrected chi connectivity index (χ0v) is 11.3. The van der Waals surface area contributed by atoms with Crippen molar-refractivity contribution < 1.29 is 9.59 Å². The van der Waals surface area contributed by atoms with Crippen molar-refractivity contribution in [3.8, 4) is 0 Å². The molecule has 0 unspecified atom stereocenters. The van der Waals surface area contributed by atoms with Gasteiger partial charge in [0.15, 0.2) is 0 Å². The SMILES string of the molecule is CNCCN(C)C(=O)c1cccc(C(N)=O)c1.Cl. The number of benzene rings is 1. The lowest BCUT2D eigenvalue weighted by Gasteiger charge is -2.17. The fourth-order valence-corrected chi connectivity index (χ4v) is 1.41. The second kappa shape index (κ2) is 7.68. The number of primary amides is 1. The van der Waals surface area contributed by atoms with Gasteiger partial charge >= 0.3 is 0 Å². The summed E-state index contributed by atoms with van der Waals surface area (Å²) in [6, 6.07) is 6.43. The lowest BCUT2D eigenvalue weighted by molar-refractivity contribution is 0.0797. The average Bonchev–Trinajstić information content (AvgIpc) is 2.35. The minimum absolute atomic E-state index is 0. The Kier molecular flexibility index (Phi) is 7.00. The molecule has 1 rings (SSSR count). The molecule has 3 N–H and O–H groups in total. The van der Waals surface area contributed by atoms with Crippen LogP contribution in [0.5, 0.6) is 0 Å². The monoisotopic (exact) mass is 271 g/mol. The highest BCUT2D eigenvalue weighted by atomic mass is 35.5. The molecule has 5 nitrogen and oxygen atoms in total. The van der Waals surface area contributed by atoms with Crippen molar-refractivity contribution in [2.24, 2.45) is 5.73 Å². The summed E-state index contributed by atoms with van der Waals surface area (Å²) in [6.07, 6.45) is 0. The maximum atomic E-state index is 12.0. The van der Waals surface area contributed by atoms with E-state index in [9.17, 15) is 9.59 Å².